The lowest BCUT2D eigenvalue weighted by Gasteiger charge is -2.10. The summed E-state index contributed by atoms with van der Waals surface area (Å²) in [4.78, 5) is 37.1. The van der Waals surface area contributed by atoms with Crippen molar-refractivity contribution in [2.45, 2.75) is 20.8 Å². The number of rotatable bonds is 9. The van der Waals surface area contributed by atoms with Crippen molar-refractivity contribution in [2.24, 2.45) is 0 Å². The van der Waals surface area contributed by atoms with Gasteiger partial charge in [0, 0.05) is 0 Å². The molecule has 8 nitrogen and oxygen atoms in total. The largest absolute Gasteiger partial charge is 0.493 e. The molecule has 2 aromatic rings. The van der Waals surface area contributed by atoms with Crippen molar-refractivity contribution < 1.29 is 33.3 Å². The molecule has 29 heavy (non-hydrogen) atoms. The number of esters is 2. The van der Waals surface area contributed by atoms with E-state index in [1.807, 2.05) is 0 Å². The fourth-order valence-electron chi connectivity index (χ4n) is 2.49. The zero-order chi connectivity index (χ0) is 21.4. The second kappa shape index (κ2) is 10.5. The molecule has 9 heteroatoms. The van der Waals surface area contributed by atoms with Crippen LogP contribution in [0.15, 0.2) is 24.3 Å². The molecular formula is C20H23NO7S. The molecule has 0 aliphatic rings. The van der Waals surface area contributed by atoms with Crippen LogP contribution in [0.5, 0.6) is 11.5 Å². The number of methoxy groups -OCH3 is 1. The molecule has 0 unspecified atom stereocenters. The summed E-state index contributed by atoms with van der Waals surface area (Å²) >= 11 is 0.958. The lowest BCUT2D eigenvalue weighted by atomic mass is 10.1. The Balaban J connectivity index is 2.21. The quantitative estimate of drug-likeness (QED) is 0.619. The maximum absolute atomic E-state index is 12.4. The van der Waals surface area contributed by atoms with Gasteiger partial charge in [-0.25, -0.2) is 9.59 Å². The summed E-state index contributed by atoms with van der Waals surface area (Å²) in [6, 6.07) is 6.91. The molecule has 0 saturated heterocycles. The lowest BCUT2D eigenvalue weighted by molar-refractivity contribution is -0.118. The number of hydrogen-bond acceptors (Lipinski definition) is 8. The van der Waals surface area contributed by atoms with Crippen LogP contribution in [0, 0.1) is 6.92 Å². The molecular weight excluding hydrogens is 398 g/mol. The van der Waals surface area contributed by atoms with Gasteiger partial charge < -0.3 is 24.3 Å². The number of amides is 1. The Morgan fingerprint density at radius 2 is 1.62 bits per heavy atom. The standard InChI is InChI=1S/C20H23NO7S/c1-5-26-19(23)16-12(3)17(20(24)27-6-2)29-18(16)21-15(22)11-28-14-10-8-7-9-13(14)25-4/h7-10H,5-6,11H2,1-4H3,(H,21,22). The van der Waals surface area contributed by atoms with Crippen LogP contribution in [0.3, 0.4) is 0 Å². The molecule has 0 fully saturated rings. The Kier molecular flexibility index (Phi) is 8.02. The summed E-state index contributed by atoms with van der Waals surface area (Å²) in [6.07, 6.45) is 0. The zero-order valence-corrected chi connectivity index (χ0v) is 17.5. The molecule has 0 aliphatic carbocycles. The van der Waals surface area contributed by atoms with Gasteiger partial charge >= 0.3 is 11.9 Å². The van der Waals surface area contributed by atoms with Gasteiger partial charge in [0.25, 0.3) is 5.91 Å². The molecule has 0 saturated carbocycles. The van der Waals surface area contributed by atoms with Gasteiger partial charge in [0.2, 0.25) is 0 Å². The number of anilines is 1. The number of thiophene rings is 1. The van der Waals surface area contributed by atoms with Crippen molar-refractivity contribution in [1.29, 1.82) is 0 Å². The van der Waals surface area contributed by atoms with Crippen LogP contribution in [-0.2, 0) is 14.3 Å². The van der Waals surface area contributed by atoms with Gasteiger partial charge in [-0.15, -0.1) is 11.3 Å². The maximum atomic E-state index is 12.4. The molecule has 0 bridgehead atoms. The fourth-order valence-corrected chi connectivity index (χ4v) is 3.59. The van der Waals surface area contributed by atoms with Gasteiger partial charge in [-0.05, 0) is 38.5 Å². The number of carbonyl (C=O) groups excluding carboxylic acids is 3. The number of nitrogens with one attached hydrogen (secondary N) is 1. The van der Waals surface area contributed by atoms with E-state index in [9.17, 15) is 14.4 Å². The highest BCUT2D eigenvalue weighted by molar-refractivity contribution is 7.18. The Morgan fingerprint density at radius 3 is 2.24 bits per heavy atom. The molecule has 1 aromatic heterocycles. The van der Waals surface area contributed by atoms with Gasteiger partial charge in [0.1, 0.15) is 9.88 Å². The monoisotopic (exact) mass is 421 g/mol. The third kappa shape index (κ3) is 5.47. The third-order valence-electron chi connectivity index (χ3n) is 3.77. The molecule has 0 aliphatic heterocycles. The Morgan fingerprint density at radius 1 is 1.00 bits per heavy atom. The van der Waals surface area contributed by atoms with E-state index in [1.165, 1.54) is 7.11 Å². The van der Waals surface area contributed by atoms with Crippen molar-refractivity contribution in [2.75, 3.05) is 32.2 Å². The topological polar surface area (TPSA) is 100 Å². The summed E-state index contributed by atoms with van der Waals surface area (Å²) in [7, 11) is 1.50. The van der Waals surface area contributed by atoms with E-state index in [-0.39, 0.29) is 35.3 Å². The summed E-state index contributed by atoms with van der Waals surface area (Å²) < 4.78 is 20.7. The predicted octanol–water partition coefficient (Wildman–Crippen LogP) is 3.44. The van der Waals surface area contributed by atoms with E-state index in [0.29, 0.717) is 17.1 Å². The minimum absolute atomic E-state index is 0.130. The van der Waals surface area contributed by atoms with Crippen LogP contribution in [-0.4, -0.2) is 44.8 Å². The first-order valence-electron chi connectivity index (χ1n) is 8.96. The van der Waals surface area contributed by atoms with Crippen molar-refractivity contribution in [3.63, 3.8) is 0 Å². The first-order chi connectivity index (χ1) is 13.9. The number of para-hydroxylation sites is 2. The summed E-state index contributed by atoms with van der Waals surface area (Å²) in [5, 5.41) is 2.83. The van der Waals surface area contributed by atoms with Gasteiger partial charge in [-0.3, -0.25) is 4.79 Å². The van der Waals surface area contributed by atoms with Gasteiger partial charge in [-0.2, -0.15) is 0 Å². The van der Waals surface area contributed by atoms with Crippen LogP contribution >= 0.6 is 11.3 Å². The second-order valence-electron chi connectivity index (χ2n) is 5.69. The number of benzene rings is 1. The van der Waals surface area contributed by atoms with E-state index in [2.05, 4.69) is 5.32 Å². The molecule has 1 amide bonds. The van der Waals surface area contributed by atoms with Gasteiger partial charge in [0.05, 0.1) is 25.9 Å². The summed E-state index contributed by atoms with van der Waals surface area (Å²) in [5.74, 6) is -0.795. The number of carbonyl (C=O) groups is 3. The Labute approximate surface area is 172 Å². The van der Waals surface area contributed by atoms with Gasteiger partial charge in [-0.1, -0.05) is 12.1 Å². The van der Waals surface area contributed by atoms with E-state index in [1.54, 1.807) is 45.0 Å². The maximum Gasteiger partial charge on any atom is 0.348 e. The number of hydrogen-bond donors (Lipinski definition) is 1. The molecule has 0 atom stereocenters. The smallest absolute Gasteiger partial charge is 0.348 e. The highest BCUT2D eigenvalue weighted by Crippen LogP contribution is 2.34. The van der Waals surface area contributed by atoms with Crippen LogP contribution in [0.1, 0.15) is 39.4 Å². The summed E-state index contributed by atoms with van der Waals surface area (Å²) in [6.45, 7) is 5.01. The Hall–Kier alpha value is -3.07. The Bertz CT molecular complexity index is 891. The van der Waals surface area contributed by atoms with Crippen molar-refractivity contribution in [1.82, 2.24) is 0 Å². The molecule has 0 radical (unpaired) electrons. The minimum Gasteiger partial charge on any atom is -0.493 e. The molecule has 0 spiro atoms. The molecule has 1 N–H and O–H groups in total. The molecule has 2 rings (SSSR count). The average molecular weight is 421 g/mol. The van der Waals surface area contributed by atoms with E-state index in [0.717, 1.165) is 11.3 Å². The summed E-state index contributed by atoms with van der Waals surface area (Å²) in [5.41, 5.74) is 0.526. The zero-order valence-electron chi connectivity index (χ0n) is 16.7. The number of ether oxygens (including phenoxy) is 4. The van der Waals surface area contributed by atoms with E-state index < -0.39 is 17.8 Å². The van der Waals surface area contributed by atoms with Crippen molar-refractivity contribution in [3.8, 4) is 11.5 Å². The van der Waals surface area contributed by atoms with Crippen molar-refractivity contribution >= 4 is 34.2 Å². The molecule has 1 heterocycles. The average Bonchev–Trinajstić information content (AvgIpc) is 3.02. The highest BCUT2D eigenvalue weighted by Gasteiger charge is 2.27. The van der Waals surface area contributed by atoms with Crippen molar-refractivity contribution in [3.05, 3.63) is 40.3 Å². The lowest BCUT2D eigenvalue weighted by Crippen LogP contribution is -2.21. The molecule has 1 aromatic carbocycles. The van der Waals surface area contributed by atoms with Crippen LogP contribution in [0.25, 0.3) is 0 Å². The predicted molar refractivity (Wildman–Crippen MR) is 108 cm³/mol. The fraction of sp³-hybridized carbons (Fsp3) is 0.350. The molecule has 156 valence electrons. The highest BCUT2D eigenvalue weighted by atomic mass is 32.1. The van der Waals surface area contributed by atoms with E-state index >= 15 is 0 Å². The van der Waals surface area contributed by atoms with Crippen LogP contribution in [0.2, 0.25) is 0 Å². The third-order valence-corrected chi connectivity index (χ3v) is 4.96. The normalized spacial score (nSPS) is 10.2. The van der Waals surface area contributed by atoms with Gasteiger partial charge in [0.15, 0.2) is 18.1 Å². The first kappa shape index (κ1) is 22.2. The SMILES string of the molecule is CCOC(=O)c1sc(NC(=O)COc2ccccc2OC)c(C(=O)OCC)c1C. The minimum atomic E-state index is -0.627. The van der Waals surface area contributed by atoms with Crippen LogP contribution < -0.4 is 14.8 Å². The van der Waals surface area contributed by atoms with E-state index in [4.69, 9.17) is 18.9 Å². The van der Waals surface area contributed by atoms with Crippen LogP contribution in [0.4, 0.5) is 5.00 Å². The first-order valence-corrected chi connectivity index (χ1v) is 9.77. The second-order valence-corrected chi connectivity index (χ2v) is 6.71.